The van der Waals surface area contributed by atoms with Gasteiger partial charge in [-0.05, 0) is 6.92 Å². The van der Waals surface area contributed by atoms with E-state index in [1.165, 1.54) is 13.8 Å². The van der Waals surface area contributed by atoms with Gasteiger partial charge in [-0.15, -0.1) is 0 Å². The Bertz CT molecular complexity index is 375. The topological polar surface area (TPSA) is 47.9 Å². The molecule has 1 aliphatic rings. The summed E-state index contributed by atoms with van der Waals surface area (Å²) in [6.07, 6.45) is -5.61. The van der Waals surface area contributed by atoms with Gasteiger partial charge in [-0.25, -0.2) is 9.79 Å². The van der Waals surface area contributed by atoms with Gasteiger partial charge in [-0.2, -0.15) is 13.2 Å². The molecule has 17 heavy (non-hydrogen) atoms. The second-order valence-corrected chi connectivity index (χ2v) is 3.53. The van der Waals surface area contributed by atoms with E-state index < -0.39 is 24.1 Å². The first-order valence-electron chi connectivity index (χ1n) is 4.89. The summed E-state index contributed by atoms with van der Waals surface area (Å²) in [4.78, 5) is 14.8. The molecule has 96 valence electrons. The third-order valence-electron chi connectivity index (χ3n) is 2.18. The summed E-state index contributed by atoms with van der Waals surface area (Å²) < 4.78 is 48.3. The molecular formula is C10H12F3NO3. The zero-order chi connectivity index (χ0) is 13.3. The van der Waals surface area contributed by atoms with Gasteiger partial charge in [0.15, 0.2) is 5.90 Å². The number of halogens is 3. The lowest BCUT2D eigenvalue weighted by molar-refractivity contribution is -0.207. The van der Waals surface area contributed by atoms with Gasteiger partial charge in [-0.3, -0.25) is 0 Å². The number of hydrogen-bond acceptors (Lipinski definition) is 4. The molecule has 1 heterocycles. The van der Waals surface area contributed by atoms with Gasteiger partial charge in [0.05, 0.1) is 13.0 Å². The van der Waals surface area contributed by atoms with Crippen molar-refractivity contribution in [1.29, 1.82) is 0 Å². The molecule has 0 spiro atoms. The van der Waals surface area contributed by atoms with E-state index in [1.807, 2.05) is 0 Å². The molecule has 1 aliphatic heterocycles. The van der Waals surface area contributed by atoms with Crippen LogP contribution in [0.25, 0.3) is 0 Å². The first-order valence-corrected chi connectivity index (χ1v) is 4.89. The van der Waals surface area contributed by atoms with Gasteiger partial charge in [0.2, 0.25) is 0 Å². The summed E-state index contributed by atoms with van der Waals surface area (Å²) in [6.45, 7) is 5.80. The van der Waals surface area contributed by atoms with Gasteiger partial charge in [0.25, 0.3) is 5.54 Å². The van der Waals surface area contributed by atoms with E-state index in [0.29, 0.717) is 0 Å². The van der Waals surface area contributed by atoms with Crippen molar-refractivity contribution in [2.45, 2.75) is 32.0 Å². The minimum atomic E-state index is -4.85. The summed E-state index contributed by atoms with van der Waals surface area (Å²) in [6, 6.07) is 0. The average molecular weight is 251 g/mol. The highest BCUT2D eigenvalue weighted by atomic mass is 19.4. The van der Waals surface area contributed by atoms with Crippen LogP contribution in [0.2, 0.25) is 0 Å². The van der Waals surface area contributed by atoms with Crippen molar-refractivity contribution in [1.82, 2.24) is 0 Å². The minimum Gasteiger partial charge on any atom is -0.464 e. The van der Waals surface area contributed by atoms with Crippen molar-refractivity contribution in [3.05, 3.63) is 12.3 Å². The van der Waals surface area contributed by atoms with E-state index in [0.717, 1.165) is 0 Å². The maximum atomic E-state index is 13.0. The number of alkyl halides is 3. The second kappa shape index (κ2) is 4.38. The third kappa shape index (κ3) is 2.42. The van der Waals surface area contributed by atoms with Gasteiger partial charge in [0.1, 0.15) is 5.76 Å². The first-order chi connectivity index (χ1) is 7.73. The van der Waals surface area contributed by atoms with Crippen LogP contribution < -0.4 is 0 Å². The summed E-state index contributed by atoms with van der Waals surface area (Å²) in [7, 11) is 0. The molecule has 7 heteroatoms. The van der Waals surface area contributed by atoms with Gasteiger partial charge < -0.3 is 9.47 Å². The molecule has 0 aromatic heterocycles. The Balaban J connectivity index is 3.25. The van der Waals surface area contributed by atoms with E-state index in [9.17, 15) is 18.0 Å². The molecule has 0 amide bonds. The van der Waals surface area contributed by atoms with E-state index in [4.69, 9.17) is 4.74 Å². The molecule has 0 N–H and O–H groups in total. The predicted octanol–water partition coefficient (Wildman–Crippen LogP) is 2.20. The molecule has 1 atom stereocenters. The Morgan fingerprint density at radius 1 is 1.65 bits per heavy atom. The van der Waals surface area contributed by atoms with Crippen LogP contribution >= 0.6 is 0 Å². The minimum absolute atomic E-state index is 0.154. The molecule has 0 aromatic rings. The number of ether oxygens (including phenoxy) is 2. The Morgan fingerprint density at radius 2 is 2.24 bits per heavy atom. The highest BCUT2D eigenvalue weighted by Gasteiger charge is 2.63. The molecule has 1 rings (SSSR count). The highest BCUT2D eigenvalue weighted by molar-refractivity contribution is 5.88. The van der Waals surface area contributed by atoms with Crippen molar-refractivity contribution in [3.63, 3.8) is 0 Å². The van der Waals surface area contributed by atoms with Crippen molar-refractivity contribution < 1.29 is 27.4 Å². The Morgan fingerprint density at radius 3 is 2.65 bits per heavy atom. The fourth-order valence-electron chi connectivity index (χ4n) is 1.51. The molecule has 1 unspecified atom stereocenters. The lowest BCUT2D eigenvalue weighted by Gasteiger charge is -2.33. The molecule has 0 saturated carbocycles. The van der Waals surface area contributed by atoms with E-state index in [1.54, 1.807) is 0 Å². The first kappa shape index (κ1) is 13.5. The molecule has 0 fully saturated rings. The molecule has 0 saturated heterocycles. The number of esters is 1. The standard InChI is InChI=1S/C10H12F3NO3/c1-4-16-8(15)9(10(11,12)13)5-6(2)17-7(3)14-9/h2,4-5H2,1,3H3. The summed E-state index contributed by atoms with van der Waals surface area (Å²) in [5.74, 6) is -1.86. The summed E-state index contributed by atoms with van der Waals surface area (Å²) >= 11 is 0. The largest absolute Gasteiger partial charge is 0.464 e. The van der Waals surface area contributed by atoms with Crippen LogP contribution in [0.4, 0.5) is 13.2 Å². The van der Waals surface area contributed by atoms with Crippen LogP contribution in [0.3, 0.4) is 0 Å². The quantitative estimate of drug-likeness (QED) is 0.707. The lowest BCUT2D eigenvalue weighted by atomic mass is 9.93. The van der Waals surface area contributed by atoms with Crippen molar-refractivity contribution >= 4 is 11.9 Å². The molecule has 0 aliphatic carbocycles. The van der Waals surface area contributed by atoms with E-state index >= 15 is 0 Å². The zero-order valence-corrected chi connectivity index (χ0v) is 9.43. The molecule has 0 radical (unpaired) electrons. The predicted molar refractivity (Wildman–Crippen MR) is 53.4 cm³/mol. The van der Waals surface area contributed by atoms with Gasteiger partial charge in [-0.1, -0.05) is 6.58 Å². The summed E-state index contributed by atoms with van der Waals surface area (Å²) in [5, 5.41) is 0. The van der Waals surface area contributed by atoms with Gasteiger partial charge >= 0.3 is 12.1 Å². The number of nitrogens with zero attached hydrogens (tertiary/aromatic N) is 1. The van der Waals surface area contributed by atoms with Gasteiger partial charge in [0, 0.05) is 6.92 Å². The maximum Gasteiger partial charge on any atom is 0.425 e. The van der Waals surface area contributed by atoms with Crippen LogP contribution in [0.15, 0.2) is 17.3 Å². The molecular weight excluding hydrogens is 239 g/mol. The Hall–Kier alpha value is -1.53. The molecule has 0 aromatic carbocycles. The van der Waals surface area contributed by atoms with Crippen molar-refractivity contribution in [3.8, 4) is 0 Å². The number of aliphatic imine (C=N–C) groups is 1. The molecule has 0 bridgehead atoms. The third-order valence-corrected chi connectivity index (χ3v) is 2.18. The van der Waals surface area contributed by atoms with Crippen LogP contribution in [-0.2, 0) is 14.3 Å². The number of rotatable bonds is 2. The Labute approximate surface area is 96.1 Å². The lowest BCUT2D eigenvalue weighted by Crippen LogP contribution is -2.54. The van der Waals surface area contributed by atoms with E-state index in [-0.39, 0.29) is 18.3 Å². The normalized spacial score (nSPS) is 25.0. The monoisotopic (exact) mass is 251 g/mol. The second-order valence-electron chi connectivity index (χ2n) is 3.53. The smallest absolute Gasteiger partial charge is 0.425 e. The fraction of sp³-hybridized carbons (Fsp3) is 0.600. The average Bonchev–Trinajstić information content (AvgIpc) is 2.14. The number of carbonyl (C=O) groups excluding carboxylic acids is 1. The van der Waals surface area contributed by atoms with E-state index in [2.05, 4.69) is 16.3 Å². The van der Waals surface area contributed by atoms with Crippen LogP contribution in [-0.4, -0.2) is 30.2 Å². The van der Waals surface area contributed by atoms with Crippen molar-refractivity contribution in [2.24, 2.45) is 4.99 Å². The van der Waals surface area contributed by atoms with Crippen LogP contribution in [0.1, 0.15) is 20.3 Å². The van der Waals surface area contributed by atoms with Crippen LogP contribution in [0, 0.1) is 0 Å². The molecule has 4 nitrogen and oxygen atoms in total. The van der Waals surface area contributed by atoms with Crippen molar-refractivity contribution in [2.75, 3.05) is 6.61 Å². The fourth-order valence-corrected chi connectivity index (χ4v) is 1.51. The zero-order valence-electron chi connectivity index (χ0n) is 9.43. The van der Waals surface area contributed by atoms with Crippen LogP contribution in [0.5, 0.6) is 0 Å². The number of hydrogen-bond donors (Lipinski definition) is 0. The maximum absolute atomic E-state index is 13.0. The highest BCUT2D eigenvalue weighted by Crippen LogP contribution is 2.42. The Kier molecular flexibility index (Phi) is 3.49. The SMILES string of the molecule is C=C1CC(C(=O)OCC)(C(F)(F)F)N=C(C)O1. The number of carbonyl (C=O) groups is 1. The summed E-state index contributed by atoms with van der Waals surface area (Å²) in [5.41, 5.74) is -2.93.